The van der Waals surface area contributed by atoms with E-state index in [1.807, 2.05) is 61.5 Å². The maximum Gasteiger partial charge on any atom is 0.252 e. The van der Waals surface area contributed by atoms with Gasteiger partial charge in [-0.05, 0) is 31.2 Å². The van der Waals surface area contributed by atoms with Crippen molar-refractivity contribution in [3.05, 3.63) is 72.7 Å². The van der Waals surface area contributed by atoms with Crippen LogP contribution in [0.5, 0.6) is 11.5 Å². The molecule has 0 amide bonds. The van der Waals surface area contributed by atoms with Gasteiger partial charge in [0.15, 0.2) is 23.1 Å². The molecule has 32 heavy (non-hydrogen) atoms. The minimum absolute atomic E-state index is 0.522. The number of benzene rings is 2. The highest BCUT2D eigenvalue weighted by atomic mass is 16.6. The van der Waals surface area contributed by atoms with Gasteiger partial charge >= 0.3 is 0 Å². The van der Waals surface area contributed by atoms with Crippen LogP contribution in [0.4, 0.5) is 0 Å². The first kappa shape index (κ1) is 18.4. The van der Waals surface area contributed by atoms with E-state index in [2.05, 4.69) is 15.0 Å². The lowest BCUT2D eigenvalue weighted by Crippen LogP contribution is -2.15. The maximum atomic E-state index is 5.69. The molecule has 4 heterocycles. The normalized spacial score (nSPS) is 12.8. The van der Waals surface area contributed by atoms with Crippen molar-refractivity contribution in [2.45, 2.75) is 6.92 Å². The second kappa shape index (κ2) is 7.42. The molecule has 0 N–H and O–H groups in total. The predicted molar refractivity (Wildman–Crippen MR) is 118 cm³/mol. The highest BCUT2D eigenvalue weighted by Crippen LogP contribution is 2.34. The van der Waals surface area contributed by atoms with E-state index in [0.717, 1.165) is 33.8 Å². The highest BCUT2D eigenvalue weighted by molar-refractivity contribution is 5.67. The monoisotopic (exact) mass is 422 g/mol. The second-order valence-electron chi connectivity index (χ2n) is 7.39. The second-order valence-corrected chi connectivity index (χ2v) is 7.39. The number of aromatic nitrogens is 6. The van der Waals surface area contributed by atoms with Crippen molar-refractivity contribution in [3.63, 3.8) is 0 Å². The smallest absolute Gasteiger partial charge is 0.252 e. The molecular formula is C24H18N6O2. The zero-order chi connectivity index (χ0) is 21.5. The number of hydrogen-bond donors (Lipinski definition) is 0. The molecule has 6 rings (SSSR count). The first-order valence-electron chi connectivity index (χ1n) is 10.3. The van der Waals surface area contributed by atoms with Crippen LogP contribution in [-0.2, 0) is 0 Å². The van der Waals surface area contributed by atoms with Gasteiger partial charge in [0.25, 0.3) is 5.78 Å². The largest absolute Gasteiger partial charge is 0.486 e. The van der Waals surface area contributed by atoms with Gasteiger partial charge in [-0.1, -0.05) is 30.3 Å². The molecule has 0 aliphatic carbocycles. The zero-order valence-corrected chi connectivity index (χ0v) is 17.3. The SMILES string of the molecule is Cc1c(-c2ccnc(-c3ccccc3)n2)cnc2nc(-c3ccc4c(c3)OCCO4)nn12. The van der Waals surface area contributed by atoms with Crippen LogP contribution in [0.1, 0.15) is 5.69 Å². The van der Waals surface area contributed by atoms with Crippen LogP contribution in [0.25, 0.3) is 39.8 Å². The lowest BCUT2D eigenvalue weighted by atomic mass is 10.1. The Bertz CT molecular complexity index is 1450. The molecule has 8 nitrogen and oxygen atoms in total. The fourth-order valence-corrected chi connectivity index (χ4v) is 3.73. The zero-order valence-electron chi connectivity index (χ0n) is 17.3. The summed E-state index contributed by atoms with van der Waals surface area (Å²) in [6.45, 7) is 3.07. The standard InChI is InChI=1S/C24H18N6O2/c1-15-18(19-9-10-25-22(27-19)16-5-3-2-4-6-16)14-26-24-28-23(29-30(15)24)17-7-8-20-21(13-17)32-12-11-31-20/h2-10,13-14H,11-12H2,1H3. The quantitative estimate of drug-likeness (QED) is 0.434. The molecule has 1 aliphatic rings. The van der Waals surface area contributed by atoms with Crippen LogP contribution in [-0.4, -0.2) is 42.8 Å². The third-order valence-corrected chi connectivity index (χ3v) is 5.37. The van der Waals surface area contributed by atoms with E-state index in [1.54, 1.807) is 16.9 Å². The fraction of sp³-hybridized carbons (Fsp3) is 0.125. The number of nitrogens with zero attached hydrogens (tertiary/aromatic N) is 6. The predicted octanol–water partition coefficient (Wildman–Crippen LogP) is 3.99. The van der Waals surface area contributed by atoms with E-state index in [0.29, 0.717) is 36.4 Å². The minimum atomic E-state index is 0.522. The van der Waals surface area contributed by atoms with E-state index in [4.69, 9.17) is 19.6 Å². The van der Waals surface area contributed by atoms with Crippen LogP contribution in [0.3, 0.4) is 0 Å². The summed E-state index contributed by atoms with van der Waals surface area (Å²) in [5.41, 5.74) is 4.35. The number of rotatable bonds is 3. The van der Waals surface area contributed by atoms with Crippen LogP contribution in [0, 0.1) is 6.92 Å². The lowest BCUT2D eigenvalue weighted by Gasteiger charge is -2.18. The fourth-order valence-electron chi connectivity index (χ4n) is 3.73. The number of ether oxygens (including phenoxy) is 2. The molecule has 0 unspecified atom stereocenters. The molecule has 0 bridgehead atoms. The van der Waals surface area contributed by atoms with E-state index < -0.39 is 0 Å². The van der Waals surface area contributed by atoms with Crippen LogP contribution in [0.2, 0.25) is 0 Å². The lowest BCUT2D eigenvalue weighted by molar-refractivity contribution is 0.171. The summed E-state index contributed by atoms with van der Waals surface area (Å²) in [4.78, 5) is 18.3. The summed E-state index contributed by atoms with van der Waals surface area (Å²) >= 11 is 0. The van der Waals surface area contributed by atoms with Gasteiger partial charge in [0, 0.05) is 29.1 Å². The molecule has 5 aromatic rings. The van der Waals surface area contributed by atoms with Crippen molar-refractivity contribution < 1.29 is 9.47 Å². The Labute approximate surface area is 183 Å². The van der Waals surface area contributed by atoms with Gasteiger partial charge in [-0.2, -0.15) is 4.98 Å². The number of aryl methyl sites for hydroxylation is 1. The molecule has 0 fully saturated rings. The van der Waals surface area contributed by atoms with E-state index in [-0.39, 0.29) is 0 Å². The van der Waals surface area contributed by atoms with Crippen molar-refractivity contribution in [1.29, 1.82) is 0 Å². The Kier molecular flexibility index (Phi) is 4.28. The van der Waals surface area contributed by atoms with Crippen molar-refractivity contribution in [3.8, 4) is 45.5 Å². The summed E-state index contributed by atoms with van der Waals surface area (Å²) < 4.78 is 13.0. The van der Waals surface area contributed by atoms with Gasteiger partial charge in [-0.15, -0.1) is 5.10 Å². The van der Waals surface area contributed by atoms with Gasteiger partial charge in [-0.25, -0.2) is 19.5 Å². The van der Waals surface area contributed by atoms with Gasteiger partial charge in [-0.3, -0.25) is 0 Å². The Morgan fingerprint density at radius 2 is 1.66 bits per heavy atom. The highest BCUT2D eigenvalue weighted by Gasteiger charge is 2.17. The molecule has 0 spiro atoms. The third-order valence-electron chi connectivity index (χ3n) is 5.37. The molecule has 3 aromatic heterocycles. The summed E-state index contributed by atoms with van der Waals surface area (Å²) in [6, 6.07) is 17.5. The number of fused-ring (bicyclic) bond motifs is 2. The first-order valence-corrected chi connectivity index (χ1v) is 10.3. The molecule has 0 radical (unpaired) electrons. The summed E-state index contributed by atoms with van der Waals surface area (Å²) in [6.07, 6.45) is 3.54. The third kappa shape index (κ3) is 3.13. The maximum absolute atomic E-state index is 5.69. The van der Waals surface area contributed by atoms with Crippen LogP contribution >= 0.6 is 0 Å². The molecular weight excluding hydrogens is 404 g/mol. The van der Waals surface area contributed by atoms with Crippen molar-refractivity contribution in [2.75, 3.05) is 13.2 Å². The number of hydrogen-bond acceptors (Lipinski definition) is 7. The van der Waals surface area contributed by atoms with Crippen LogP contribution < -0.4 is 9.47 Å². The average Bonchev–Trinajstić information content (AvgIpc) is 3.30. The first-order chi connectivity index (χ1) is 15.8. The minimum Gasteiger partial charge on any atom is -0.486 e. The van der Waals surface area contributed by atoms with Gasteiger partial charge in [0.05, 0.1) is 11.4 Å². The van der Waals surface area contributed by atoms with Crippen LogP contribution in [0.15, 0.2) is 67.0 Å². The molecule has 2 aromatic carbocycles. The van der Waals surface area contributed by atoms with Gasteiger partial charge < -0.3 is 9.47 Å². The van der Waals surface area contributed by atoms with E-state index in [9.17, 15) is 0 Å². The van der Waals surface area contributed by atoms with Crippen molar-refractivity contribution in [1.82, 2.24) is 29.5 Å². The summed E-state index contributed by atoms with van der Waals surface area (Å²) in [5, 5.41) is 4.70. The van der Waals surface area contributed by atoms with Gasteiger partial charge in [0.2, 0.25) is 0 Å². The molecule has 1 aliphatic heterocycles. The average molecular weight is 422 g/mol. The Hall–Kier alpha value is -4.33. The molecule has 156 valence electrons. The Morgan fingerprint density at radius 1 is 0.812 bits per heavy atom. The van der Waals surface area contributed by atoms with Gasteiger partial charge in [0.1, 0.15) is 13.2 Å². The molecule has 0 saturated heterocycles. The topological polar surface area (TPSA) is 87.3 Å². The molecule has 0 saturated carbocycles. The molecule has 0 atom stereocenters. The van der Waals surface area contributed by atoms with Crippen molar-refractivity contribution >= 4 is 5.78 Å². The van der Waals surface area contributed by atoms with E-state index >= 15 is 0 Å². The molecule has 8 heteroatoms. The Morgan fingerprint density at radius 3 is 2.53 bits per heavy atom. The summed E-state index contributed by atoms with van der Waals surface area (Å²) in [7, 11) is 0. The summed E-state index contributed by atoms with van der Waals surface area (Å²) in [5.74, 6) is 3.19. The Balaban J connectivity index is 1.41. The van der Waals surface area contributed by atoms with Crippen molar-refractivity contribution in [2.24, 2.45) is 0 Å². The van der Waals surface area contributed by atoms with E-state index in [1.165, 1.54) is 0 Å².